The number of fused-ring (bicyclic) bond motifs is 6. The van der Waals surface area contributed by atoms with Gasteiger partial charge in [-0.05, 0) is 42.0 Å². The number of furan rings is 1. The van der Waals surface area contributed by atoms with Gasteiger partial charge in [-0.1, -0.05) is 103 Å². The number of nitrogens with zero attached hydrogens (tertiary/aromatic N) is 3. The average molecular weight is 567 g/mol. The van der Waals surface area contributed by atoms with Crippen molar-refractivity contribution >= 4 is 55.4 Å². The summed E-state index contributed by atoms with van der Waals surface area (Å²) in [5.74, 6) is 1.47. The van der Waals surface area contributed by atoms with Crippen LogP contribution in [0.2, 0.25) is 0 Å². The van der Waals surface area contributed by atoms with Crippen LogP contribution in [-0.4, -0.2) is 16.2 Å². The first-order valence-electron chi connectivity index (χ1n) is 14.8. The fraction of sp³-hybridized carbons (Fsp3) is 0.0256. The van der Waals surface area contributed by atoms with Gasteiger partial charge in [0.15, 0.2) is 5.84 Å². The molecule has 5 heteroatoms. The summed E-state index contributed by atoms with van der Waals surface area (Å²) in [5.41, 5.74) is 8.09. The Balaban J connectivity index is 1.17. The van der Waals surface area contributed by atoms with Crippen LogP contribution in [0.1, 0.15) is 22.9 Å². The van der Waals surface area contributed by atoms with Gasteiger partial charge in [0.2, 0.25) is 0 Å². The average Bonchev–Trinajstić information content (AvgIpc) is 3.63. The first-order valence-corrected chi connectivity index (χ1v) is 14.8. The molecule has 208 valence electrons. The number of rotatable bonds is 4. The van der Waals surface area contributed by atoms with Crippen LogP contribution in [0.15, 0.2) is 160 Å². The zero-order valence-corrected chi connectivity index (χ0v) is 23.7. The number of nitrogens with one attached hydrogen (secondary N) is 1. The molecule has 0 radical (unpaired) electrons. The van der Waals surface area contributed by atoms with E-state index in [2.05, 4.69) is 119 Å². The topological polar surface area (TPSA) is 54.8 Å². The minimum Gasteiger partial charge on any atom is -0.456 e. The van der Waals surface area contributed by atoms with Crippen molar-refractivity contribution in [2.75, 3.05) is 0 Å². The van der Waals surface area contributed by atoms with Crippen LogP contribution in [-0.2, 0) is 0 Å². The lowest BCUT2D eigenvalue weighted by atomic mass is 10.1. The molecule has 8 aromatic rings. The van der Waals surface area contributed by atoms with Crippen LogP contribution in [0.25, 0.3) is 49.4 Å². The van der Waals surface area contributed by atoms with Gasteiger partial charge < -0.3 is 14.3 Å². The van der Waals surface area contributed by atoms with Crippen LogP contribution in [0.4, 0.5) is 0 Å². The van der Waals surface area contributed by atoms with E-state index in [-0.39, 0.29) is 6.17 Å². The SMILES string of the molecule is c1ccc(C2=NC(c3ccc4c(c3)oc3cc(-n5c6ccccc6c6ccccc65)ccc34)=NC(c3ccccc3)N2)cc1. The lowest BCUT2D eigenvalue weighted by molar-refractivity contribution is 0.667. The normalized spacial score (nSPS) is 15.0. The molecule has 9 rings (SSSR count). The summed E-state index contributed by atoms with van der Waals surface area (Å²) in [6, 6.07) is 50.3. The van der Waals surface area contributed by atoms with Gasteiger partial charge in [-0.15, -0.1) is 0 Å². The third-order valence-electron chi connectivity index (χ3n) is 8.46. The molecule has 44 heavy (non-hydrogen) atoms. The first-order chi connectivity index (χ1) is 21.8. The molecule has 2 aromatic heterocycles. The Hall–Kier alpha value is -5.94. The highest BCUT2D eigenvalue weighted by atomic mass is 16.3. The first kappa shape index (κ1) is 24.6. The standard InChI is InChI=1S/C39H26N4O/c1-3-11-25(12-4-1)37-40-38(26-13-5-2-6-14-26)42-39(41-37)27-19-21-31-32-22-20-28(24-36(32)44-35(31)23-27)43-33-17-9-7-15-29(33)30-16-8-10-18-34(30)43/h1-24,37H,(H,40,41,42). The number of aliphatic imine (C=N–C) groups is 2. The van der Waals surface area contributed by atoms with Crippen LogP contribution in [0, 0.1) is 0 Å². The Morgan fingerprint density at radius 3 is 1.89 bits per heavy atom. The molecule has 0 fully saturated rings. The molecule has 1 aliphatic rings. The summed E-state index contributed by atoms with van der Waals surface area (Å²) in [6.45, 7) is 0. The molecule has 1 aliphatic heterocycles. The second-order valence-electron chi connectivity index (χ2n) is 11.1. The third-order valence-corrected chi connectivity index (χ3v) is 8.46. The molecule has 0 aliphatic carbocycles. The maximum absolute atomic E-state index is 6.54. The minimum atomic E-state index is -0.251. The van der Waals surface area contributed by atoms with Crippen molar-refractivity contribution in [3.63, 3.8) is 0 Å². The molecule has 6 aromatic carbocycles. The number of aromatic nitrogens is 1. The zero-order chi connectivity index (χ0) is 29.0. The fourth-order valence-corrected chi connectivity index (χ4v) is 6.37. The third kappa shape index (κ3) is 3.94. The van der Waals surface area contributed by atoms with E-state index in [9.17, 15) is 0 Å². The Kier molecular flexibility index (Phi) is 5.50. The van der Waals surface area contributed by atoms with Crippen LogP contribution >= 0.6 is 0 Å². The molecule has 3 heterocycles. The van der Waals surface area contributed by atoms with Gasteiger partial charge in [-0.2, -0.15) is 0 Å². The lowest BCUT2D eigenvalue weighted by Crippen LogP contribution is -2.33. The van der Waals surface area contributed by atoms with Crippen molar-refractivity contribution in [2.24, 2.45) is 9.98 Å². The second kappa shape index (κ2) is 9.82. The van der Waals surface area contributed by atoms with Gasteiger partial charge in [-0.25, -0.2) is 9.98 Å². The predicted octanol–water partition coefficient (Wildman–Crippen LogP) is 9.18. The summed E-state index contributed by atoms with van der Waals surface area (Å²) >= 11 is 0. The molecule has 5 nitrogen and oxygen atoms in total. The number of benzene rings is 6. The van der Waals surface area contributed by atoms with Crippen molar-refractivity contribution in [1.29, 1.82) is 0 Å². The monoisotopic (exact) mass is 566 g/mol. The molecule has 0 saturated heterocycles. The Bertz CT molecular complexity index is 2360. The van der Waals surface area contributed by atoms with E-state index < -0.39 is 0 Å². The van der Waals surface area contributed by atoms with E-state index in [1.807, 2.05) is 36.4 Å². The molecule has 0 bridgehead atoms. The lowest BCUT2D eigenvalue weighted by Gasteiger charge is -2.23. The molecular formula is C39H26N4O. The molecule has 1 unspecified atom stereocenters. The molecule has 0 saturated carbocycles. The maximum Gasteiger partial charge on any atom is 0.159 e. The van der Waals surface area contributed by atoms with Crippen molar-refractivity contribution in [1.82, 2.24) is 9.88 Å². The zero-order valence-electron chi connectivity index (χ0n) is 23.7. The Morgan fingerprint density at radius 2 is 1.16 bits per heavy atom. The van der Waals surface area contributed by atoms with E-state index >= 15 is 0 Å². The summed E-state index contributed by atoms with van der Waals surface area (Å²) in [7, 11) is 0. The van der Waals surface area contributed by atoms with Crippen LogP contribution < -0.4 is 5.32 Å². The van der Waals surface area contributed by atoms with Crippen LogP contribution in [0.5, 0.6) is 0 Å². The van der Waals surface area contributed by atoms with Crippen molar-refractivity contribution in [3.8, 4) is 5.69 Å². The molecule has 1 atom stereocenters. The molecule has 0 spiro atoms. The predicted molar refractivity (Wildman–Crippen MR) is 180 cm³/mol. The van der Waals surface area contributed by atoms with Gasteiger partial charge in [0, 0.05) is 44.4 Å². The van der Waals surface area contributed by atoms with Gasteiger partial charge in [0.05, 0.1) is 11.0 Å². The second-order valence-corrected chi connectivity index (χ2v) is 11.1. The minimum absolute atomic E-state index is 0.251. The number of para-hydroxylation sites is 2. The number of amidine groups is 2. The summed E-state index contributed by atoms with van der Waals surface area (Å²) in [4.78, 5) is 10.0. The van der Waals surface area contributed by atoms with E-state index in [0.717, 1.165) is 50.2 Å². The highest BCUT2D eigenvalue weighted by Crippen LogP contribution is 2.35. The summed E-state index contributed by atoms with van der Waals surface area (Å²) in [6.07, 6.45) is -0.251. The number of hydrogen-bond donors (Lipinski definition) is 1. The van der Waals surface area contributed by atoms with Crippen LogP contribution in [0.3, 0.4) is 0 Å². The van der Waals surface area contributed by atoms with E-state index in [1.54, 1.807) is 0 Å². The largest absolute Gasteiger partial charge is 0.456 e. The summed E-state index contributed by atoms with van der Waals surface area (Å²) < 4.78 is 8.85. The highest BCUT2D eigenvalue weighted by Gasteiger charge is 2.22. The van der Waals surface area contributed by atoms with Crippen molar-refractivity contribution in [2.45, 2.75) is 6.17 Å². The quantitative estimate of drug-likeness (QED) is 0.231. The van der Waals surface area contributed by atoms with E-state index in [4.69, 9.17) is 14.4 Å². The fourth-order valence-electron chi connectivity index (χ4n) is 6.37. The van der Waals surface area contributed by atoms with Crippen molar-refractivity contribution in [3.05, 3.63) is 162 Å². The highest BCUT2D eigenvalue weighted by molar-refractivity contribution is 6.15. The van der Waals surface area contributed by atoms with Gasteiger partial charge >= 0.3 is 0 Å². The Labute approximate surface area is 253 Å². The summed E-state index contributed by atoms with van der Waals surface area (Å²) in [5, 5.41) is 8.16. The maximum atomic E-state index is 6.54. The molecular weight excluding hydrogens is 540 g/mol. The van der Waals surface area contributed by atoms with E-state index in [0.29, 0.717) is 5.84 Å². The Morgan fingerprint density at radius 1 is 0.545 bits per heavy atom. The molecule has 1 N–H and O–H groups in total. The number of hydrogen-bond acceptors (Lipinski definition) is 4. The van der Waals surface area contributed by atoms with Gasteiger partial charge in [-0.3, -0.25) is 0 Å². The van der Waals surface area contributed by atoms with Crippen molar-refractivity contribution < 1.29 is 4.42 Å². The van der Waals surface area contributed by atoms with E-state index in [1.165, 1.54) is 21.8 Å². The van der Waals surface area contributed by atoms with Gasteiger partial charge in [0.25, 0.3) is 0 Å². The van der Waals surface area contributed by atoms with Gasteiger partial charge in [0.1, 0.15) is 23.2 Å². The molecule has 0 amide bonds. The smallest absolute Gasteiger partial charge is 0.159 e.